The maximum Gasteiger partial charge on any atom is 0.273 e. The van der Waals surface area contributed by atoms with Crippen molar-refractivity contribution in [1.29, 1.82) is 0 Å². The number of anilines is 1. The summed E-state index contributed by atoms with van der Waals surface area (Å²) >= 11 is 1.16. The monoisotopic (exact) mass is 407 g/mol. The normalized spacial score (nSPS) is 14.4. The fraction of sp³-hybridized carbons (Fsp3) is 0.333. The zero-order valence-corrected chi connectivity index (χ0v) is 16.6. The minimum absolute atomic E-state index is 0.128. The smallest absolute Gasteiger partial charge is 0.273 e. The largest absolute Gasteiger partial charge is 0.350 e. The Morgan fingerprint density at radius 3 is 2.59 bits per heavy atom. The first kappa shape index (κ1) is 19.4. The van der Waals surface area contributed by atoms with Crippen molar-refractivity contribution in [3.05, 3.63) is 47.3 Å². The summed E-state index contributed by atoms with van der Waals surface area (Å²) in [6.45, 7) is 1.64. The minimum atomic E-state index is -3.60. The minimum Gasteiger partial charge on any atom is -0.350 e. The van der Waals surface area contributed by atoms with Crippen molar-refractivity contribution in [2.75, 3.05) is 31.0 Å². The Morgan fingerprint density at radius 1 is 1.26 bits per heavy atom. The van der Waals surface area contributed by atoms with E-state index in [1.807, 2.05) is 0 Å². The molecule has 2 amide bonds. The van der Waals surface area contributed by atoms with Crippen LogP contribution in [0.5, 0.6) is 0 Å². The highest BCUT2D eigenvalue weighted by atomic mass is 32.2. The van der Waals surface area contributed by atoms with Crippen LogP contribution in [0.25, 0.3) is 0 Å². The van der Waals surface area contributed by atoms with Crippen molar-refractivity contribution in [2.45, 2.75) is 17.1 Å². The van der Waals surface area contributed by atoms with E-state index in [1.54, 1.807) is 46.7 Å². The molecule has 1 aromatic carbocycles. The number of benzene rings is 1. The second kappa shape index (κ2) is 8.10. The molecule has 2 heterocycles. The Hall–Kier alpha value is -2.39. The lowest BCUT2D eigenvalue weighted by Gasteiger charge is -2.19. The van der Waals surface area contributed by atoms with Gasteiger partial charge >= 0.3 is 0 Å². The molecule has 0 aliphatic carbocycles. The van der Waals surface area contributed by atoms with E-state index in [0.29, 0.717) is 30.8 Å². The Morgan fingerprint density at radius 2 is 2.00 bits per heavy atom. The Balaban J connectivity index is 1.59. The van der Waals surface area contributed by atoms with Crippen molar-refractivity contribution in [1.82, 2.24) is 10.2 Å². The highest BCUT2D eigenvalue weighted by Gasteiger charge is 2.22. The third kappa shape index (κ3) is 4.30. The van der Waals surface area contributed by atoms with Gasteiger partial charge in [0.1, 0.15) is 4.21 Å². The van der Waals surface area contributed by atoms with E-state index in [0.717, 1.165) is 24.3 Å². The highest BCUT2D eigenvalue weighted by molar-refractivity contribution is 7.94. The van der Waals surface area contributed by atoms with Gasteiger partial charge in [0.2, 0.25) is 5.91 Å². The molecule has 0 atom stereocenters. The van der Waals surface area contributed by atoms with Gasteiger partial charge in [-0.2, -0.15) is 0 Å². The van der Waals surface area contributed by atoms with Crippen LogP contribution in [0.15, 0.2) is 46.0 Å². The van der Waals surface area contributed by atoms with Gasteiger partial charge in [-0.1, -0.05) is 6.07 Å². The molecule has 3 rings (SSSR count). The molecule has 7 nitrogen and oxygen atoms in total. The van der Waals surface area contributed by atoms with Crippen LogP contribution in [-0.4, -0.2) is 51.8 Å². The van der Waals surface area contributed by atoms with Crippen LogP contribution in [0, 0.1) is 0 Å². The molecular formula is C18H21N3O4S2. The maximum atomic E-state index is 12.5. The molecule has 1 aliphatic rings. The topological polar surface area (TPSA) is 86.8 Å². The number of amides is 2. The molecule has 1 N–H and O–H groups in total. The van der Waals surface area contributed by atoms with E-state index >= 15 is 0 Å². The lowest BCUT2D eigenvalue weighted by molar-refractivity contribution is -0.127. The number of carbonyl (C=O) groups excluding carboxylic acids is 2. The van der Waals surface area contributed by atoms with Crippen molar-refractivity contribution < 1.29 is 18.0 Å². The fourth-order valence-corrected chi connectivity index (χ4v) is 5.21. The van der Waals surface area contributed by atoms with Crippen molar-refractivity contribution in [3.63, 3.8) is 0 Å². The first-order valence-electron chi connectivity index (χ1n) is 8.58. The van der Waals surface area contributed by atoms with E-state index in [4.69, 9.17) is 0 Å². The van der Waals surface area contributed by atoms with E-state index < -0.39 is 10.0 Å². The molecule has 27 heavy (non-hydrogen) atoms. The number of nitrogens with zero attached hydrogens (tertiary/aromatic N) is 2. The van der Waals surface area contributed by atoms with Gasteiger partial charge in [-0.15, -0.1) is 11.3 Å². The fourth-order valence-electron chi connectivity index (χ4n) is 2.85. The molecule has 1 fully saturated rings. The lowest BCUT2D eigenvalue weighted by Crippen LogP contribution is -2.35. The second-order valence-electron chi connectivity index (χ2n) is 6.19. The summed E-state index contributed by atoms with van der Waals surface area (Å²) in [7, 11) is -2.11. The molecule has 0 radical (unpaired) electrons. The van der Waals surface area contributed by atoms with Crippen LogP contribution in [0.2, 0.25) is 0 Å². The van der Waals surface area contributed by atoms with E-state index in [1.165, 1.54) is 11.4 Å². The van der Waals surface area contributed by atoms with Gasteiger partial charge in [-0.25, -0.2) is 8.42 Å². The number of thiophene rings is 1. The van der Waals surface area contributed by atoms with Crippen molar-refractivity contribution in [2.24, 2.45) is 0 Å². The van der Waals surface area contributed by atoms with Crippen LogP contribution in [0.1, 0.15) is 23.2 Å². The number of carbonyl (C=O) groups is 2. The SMILES string of the molecule is CN(c1ccc(C(=O)NCCN2CCCC2=O)cc1)S(=O)(=O)c1cccs1. The lowest BCUT2D eigenvalue weighted by atomic mass is 10.2. The predicted octanol–water partition coefficient (Wildman–Crippen LogP) is 1.93. The standard InChI is InChI=1S/C18H21N3O4S2/c1-20(27(24,25)17-5-3-13-26-17)15-8-6-14(7-9-15)18(23)19-10-12-21-11-2-4-16(21)22/h3,5-9,13H,2,4,10-12H2,1H3,(H,19,23). The van der Waals surface area contributed by atoms with E-state index in [9.17, 15) is 18.0 Å². The van der Waals surface area contributed by atoms with Gasteiger partial charge in [0, 0.05) is 38.7 Å². The number of sulfonamides is 1. The summed E-state index contributed by atoms with van der Waals surface area (Å²) in [6, 6.07) is 9.63. The summed E-state index contributed by atoms with van der Waals surface area (Å²) in [4.78, 5) is 25.5. The van der Waals surface area contributed by atoms with Gasteiger partial charge < -0.3 is 10.2 Å². The molecule has 0 saturated carbocycles. The third-order valence-corrected chi connectivity index (χ3v) is 7.60. The molecule has 1 aliphatic heterocycles. The summed E-state index contributed by atoms with van der Waals surface area (Å²) in [5, 5.41) is 4.50. The predicted molar refractivity (Wildman–Crippen MR) is 104 cm³/mol. The van der Waals surface area contributed by atoms with Crippen LogP contribution < -0.4 is 9.62 Å². The molecule has 9 heteroatoms. The molecule has 0 spiro atoms. The van der Waals surface area contributed by atoms with Gasteiger partial charge in [0.05, 0.1) is 5.69 Å². The van der Waals surface area contributed by atoms with Crippen LogP contribution >= 0.6 is 11.3 Å². The van der Waals surface area contributed by atoms with Crippen molar-refractivity contribution in [3.8, 4) is 0 Å². The molecule has 1 saturated heterocycles. The average Bonchev–Trinajstić information content (AvgIpc) is 3.34. The third-order valence-electron chi connectivity index (χ3n) is 4.44. The molecular weight excluding hydrogens is 386 g/mol. The van der Waals surface area contributed by atoms with Crippen LogP contribution in [0.4, 0.5) is 5.69 Å². The summed E-state index contributed by atoms with van der Waals surface area (Å²) in [6.07, 6.45) is 1.45. The Kier molecular flexibility index (Phi) is 5.81. The summed E-state index contributed by atoms with van der Waals surface area (Å²) in [5.74, 6) is -0.124. The van der Waals surface area contributed by atoms with Gasteiger partial charge in [-0.05, 0) is 42.1 Å². The van der Waals surface area contributed by atoms with Gasteiger partial charge in [-0.3, -0.25) is 13.9 Å². The molecule has 0 bridgehead atoms. The molecule has 1 aromatic heterocycles. The first-order valence-corrected chi connectivity index (χ1v) is 10.9. The maximum absolute atomic E-state index is 12.5. The number of hydrogen-bond acceptors (Lipinski definition) is 5. The number of likely N-dealkylation sites (tertiary alicyclic amines) is 1. The second-order valence-corrected chi connectivity index (χ2v) is 9.34. The van der Waals surface area contributed by atoms with Gasteiger partial charge in [0.25, 0.3) is 15.9 Å². The summed E-state index contributed by atoms with van der Waals surface area (Å²) < 4.78 is 26.5. The average molecular weight is 408 g/mol. The van der Waals surface area contributed by atoms with Gasteiger partial charge in [0.15, 0.2) is 0 Å². The first-order chi connectivity index (χ1) is 12.9. The number of rotatable bonds is 7. The van der Waals surface area contributed by atoms with E-state index in [2.05, 4.69) is 5.32 Å². The molecule has 2 aromatic rings. The number of nitrogens with one attached hydrogen (secondary N) is 1. The number of hydrogen-bond donors (Lipinski definition) is 1. The quantitative estimate of drug-likeness (QED) is 0.760. The zero-order valence-electron chi connectivity index (χ0n) is 14.9. The van der Waals surface area contributed by atoms with Crippen LogP contribution in [0.3, 0.4) is 0 Å². The van der Waals surface area contributed by atoms with Crippen molar-refractivity contribution >= 4 is 38.9 Å². The Bertz CT molecular complexity index is 909. The highest BCUT2D eigenvalue weighted by Crippen LogP contribution is 2.25. The zero-order chi connectivity index (χ0) is 19.4. The van der Waals surface area contributed by atoms with E-state index in [-0.39, 0.29) is 16.0 Å². The Labute approximate surface area is 162 Å². The van der Waals surface area contributed by atoms with Crippen LogP contribution in [-0.2, 0) is 14.8 Å². The summed E-state index contributed by atoms with van der Waals surface area (Å²) in [5.41, 5.74) is 0.913. The molecule has 0 unspecified atom stereocenters. The molecule has 144 valence electrons.